The van der Waals surface area contributed by atoms with Gasteiger partial charge in [0, 0.05) is 7.11 Å². The van der Waals surface area contributed by atoms with E-state index in [0.717, 1.165) is 11.1 Å². The third-order valence-electron chi connectivity index (χ3n) is 4.16. The minimum atomic E-state index is -0.334. The lowest BCUT2D eigenvalue weighted by molar-refractivity contribution is 0.0178. The lowest BCUT2D eigenvalue weighted by Crippen LogP contribution is -2.12. The minimum Gasteiger partial charge on any atom is -0.504 e. The third-order valence-corrected chi connectivity index (χ3v) is 4.16. The maximum absolute atomic E-state index is 11.7. The highest BCUT2D eigenvalue weighted by molar-refractivity contribution is 5.89. The molecule has 0 aliphatic rings. The molecule has 1 N–H and O–H groups in total. The summed E-state index contributed by atoms with van der Waals surface area (Å²) in [4.78, 5) is 11.7. The zero-order valence-electron chi connectivity index (χ0n) is 18.0. The van der Waals surface area contributed by atoms with E-state index < -0.39 is 0 Å². The molecule has 0 unspecified atom stereocenters. The molecule has 7 nitrogen and oxygen atoms in total. The first-order valence-corrected chi connectivity index (χ1v) is 10.2. The van der Waals surface area contributed by atoms with E-state index in [0.29, 0.717) is 57.6 Å². The summed E-state index contributed by atoms with van der Waals surface area (Å²) in [7, 11) is 1.63. The second-order valence-electron chi connectivity index (χ2n) is 6.47. The van der Waals surface area contributed by atoms with Crippen LogP contribution in [0.4, 0.5) is 0 Å². The smallest absolute Gasteiger partial charge is 0.338 e. The van der Waals surface area contributed by atoms with Crippen molar-refractivity contribution < 1.29 is 33.6 Å². The van der Waals surface area contributed by atoms with Gasteiger partial charge in [0.25, 0.3) is 0 Å². The van der Waals surface area contributed by atoms with Gasteiger partial charge in [-0.15, -0.1) is 0 Å². The molecule has 0 fully saturated rings. The fraction of sp³-hybridized carbons (Fsp3) is 0.375. The zero-order chi connectivity index (χ0) is 22.3. The molecule has 0 atom stereocenters. The molecule has 0 aromatic heterocycles. The van der Waals surface area contributed by atoms with Crippen LogP contribution in [0.5, 0.6) is 11.5 Å². The molecule has 2 aromatic carbocycles. The Hall–Kier alpha value is -2.87. The average molecular weight is 430 g/mol. The number of aromatic hydroxyl groups is 1. The number of benzene rings is 2. The Balaban J connectivity index is 1.75. The number of phenols is 1. The maximum Gasteiger partial charge on any atom is 0.338 e. The van der Waals surface area contributed by atoms with Crippen molar-refractivity contribution in [3.05, 3.63) is 59.2 Å². The van der Waals surface area contributed by atoms with Crippen molar-refractivity contribution in [1.29, 1.82) is 0 Å². The highest BCUT2D eigenvalue weighted by Crippen LogP contribution is 2.27. The van der Waals surface area contributed by atoms with E-state index in [-0.39, 0.29) is 11.7 Å². The van der Waals surface area contributed by atoms with Gasteiger partial charge in [-0.1, -0.05) is 30.4 Å². The second kappa shape index (κ2) is 14.2. The molecule has 168 valence electrons. The number of carbonyl (C=O) groups is 1. The zero-order valence-corrected chi connectivity index (χ0v) is 18.0. The Morgan fingerprint density at radius 3 is 2.13 bits per heavy atom. The van der Waals surface area contributed by atoms with E-state index in [2.05, 4.69) is 0 Å². The van der Waals surface area contributed by atoms with E-state index in [1.165, 1.54) is 0 Å². The van der Waals surface area contributed by atoms with Gasteiger partial charge in [-0.3, -0.25) is 0 Å². The van der Waals surface area contributed by atoms with Crippen LogP contribution < -0.4 is 4.74 Å². The quantitative estimate of drug-likeness (QED) is 0.277. The molecular formula is C24H30O7. The van der Waals surface area contributed by atoms with E-state index in [4.69, 9.17) is 23.7 Å². The number of esters is 1. The number of hydrogen-bond acceptors (Lipinski definition) is 7. The topological polar surface area (TPSA) is 83.5 Å². The van der Waals surface area contributed by atoms with Gasteiger partial charge in [0.05, 0.1) is 45.2 Å². The van der Waals surface area contributed by atoms with Gasteiger partial charge in [-0.05, 0) is 42.3 Å². The molecule has 0 saturated carbocycles. The van der Waals surface area contributed by atoms with Crippen LogP contribution in [0.2, 0.25) is 0 Å². The number of rotatable bonds is 14. The molecule has 2 aromatic rings. The molecule has 31 heavy (non-hydrogen) atoms. The van der Waals surface area contributed by atoms with Crippen molar-refractivity contribution in [3.63, 3.8) is 0 Å². The highest BCUT2D eigenvalue weighted by atomic mass is 16.6. The van der Waals surface area contributed by atoms with Crippen molar-refractivity contribution in [1.82, 2.24) is 0 Å². The van der Waals surface area contributed by atoms with Crippen molar-refractivity contribution in [2.45, 2.75) is 6.92 Å². The van der Waals surface area contributed by atoms with E-state index in [1.54, 1.807) is 38.3 Å². The van der Waals surface area contributed by atoms with Crippen LogP contribution in [0.25, 0.3) is 12.2 Å². The van der Waals surface area contributed by atoms with E-state index in [1.807, 2.05) is 30.4 Å². The van der Waals surface area contributed by atoms with Gasteiger partial charge in [-0.2, -0.15) is 0 Å². The molecule has 0 aliphatic carbocycles. The summed E-state index contributed by atoms with van der Waals surface area (Å²) in [5.41, 5.74) is 2.26. The summed E-state index contributed by atoms with van der Waals surface area (Å²) >= 11 is 0. The number of methoxy groups -OCH3 is 1. The van der Waals surface area contributed by atoms with Crippen LogP contribution in [-0.2, 0) is 18.9 Å². The van der Waals surface area contributed by atoms with Crippen LogP contribution in [0, 0.1) is 0 Å². The number of ether oxygens (including phenoxy) is 5. The molecule has 7 heteroatoms. The van der Waals surface area contributed by atoms with Crippen molar-refractivity contribution in [2.75, 3.05) is 53.4 Å². The number of hydrogen-bond donors (Lipinski definition) is 1. The Labute approximate surface area is 183 Å². The first-order chi connectivity index (χ1) is 15.1. The normalized spacial score (nSPS) is 11.0. The molecule has 0 aliphatic heterocycles. The molecule has 0 amide bonds. The number of carbonyl (C=O) groups excluding carboxylic acids is 1. The standard InChI is InChI=1S/C24H30O7/c1-3-30-24(26)21-9-6-19(7-10-21)4-5-20-8-11-23(22(25)18-20)31-17-16-29-15-14-28-13-12-27-2/h4-11,18,25H,3,12-17H2,1-2H3/b5-4+. The Morgan fingerprint density at radius 2 is 1.48 bits per heavy atom. The van der Waals surface area contributed by atoms with Gasteiger partial charge in [0.2, 0.25) is 0 Å². The van der Waals surface area contributed by atoms with Crippen LogP contribution >= 0.6 is 0 Å². The Morgan fingerprint density at radius 1 is 0.871 bits per heavy atom. The number of phenolic OH excluding ortho intramolecular Hbond substituents is 1. The Bertz CT molecular complexity index is 815. The van der Waals surface area contributed by atoms with E-state index >= 15 is 0 Å². The molecule has 2 rings (SSSR count). The summed E-state index contributed by atoms with van der Waals surface area (Å²) in [6.07, 6.45) is 3.77. The lowest BCUT2D eigenvalue weighted by Gasteiger charge is -2.09. The summed E-state index contributed by atoms with van der Waals surface area (Å²) in [6, 6.07) is 12.3. The van der Waals surface area contributed by atoms with Gasteiger partial charge in [-0.25, -0.2) is 4.79 Å². The predicted molar refractivity (Wildman–Crippen MR) is 118 cm³/mol. The van der Waals surface area contributed by atoms with Gasteiger partial charge in [0.1, 0.15) is 6.61 Å². The molecule has 0 saturated heterocycles. The first-order valence-electron chi connectivity index (χ1n) is 10.2. The first kappa shape index (κ1) is 24.4. The lowest BCUT2D eigenvalue weighted by atomic mass is 10.1. The molecule has 0 heterocycles. The largest absolute Gasteiger partial charge is 0.504 e. The second-order valence-corrected chi connectivity index (χ2v) is 6.47. The van der Waals surface area contributed by atoms with Crippen LogP contribution in [0.1, 0.15) is 28.4 Å². The maximum atomic E-state index is 11.7. The van der Waals surface area contributed by atoms with Gasteiger partial charge >= 0.3 is 5.97 Å². The average Bonchev–Trinajstić information content (AvgIpc) is 2.78. The highest BCUT2D eigenvalue weighted by Gasteiger charge is 2.05. The van der Waals surface area contributed by atoms with Gasteiger partial charge in [0.15, 0.2) is 11.5 Å². The van der Waals surface area contributed by atoms with Crippen LogP contribution in [-0.4, -0.2) is 64.4 Å². The molecule has 0 bridgehead atoms. The molecule has 0 radical (unpaired) electrons. The van der Waals surface area contributed by atoms with Crippen molar-refractivity contribution in [3.8, 4) is 11.5 Å². The predicted octanol–water partition coefficient (Wildman–Crippen LogP) is 3.80. The summed E-state index contributed by atoms with van der Waals surface area (Å²) in [6.45, 7) is 4.94. The third kappa shape index (κ3) is 9.21. The molecular weight excluding hydrogens is 400 g/mol. The SMILES string of the molecule is CCOC(=O)c1ccc(/C=C/c2ccc(OCCOCCOCCOC)c(O)c2)cc1. The fourth-order valence-corrected chi connectivity index (χ4v) is 2.57. The van der Waals surface area contributed by atoms with E-state index in [9.17, 15) is 9.90 Å². The fourth-order valence-electron chi connectivity index (χ4n) is 2.57. The summed E-state index contributed by atoms with van der Waals surface area (Å²) in [5.74, 6) is 0.123. The monoisotopic (exact) mass is 430 g/mol. The van der Waals surface area contributed by atoms with Crippen molar-refractivity contribution in [2.24, 2.45) is 0 Å². The molecule has 0 spiro atoms. The van der Waals surface area contributed by atoms with Crippen molar-refractivity contribution >= 4 is 18.1 Å². The minimum absolute atomic E-state index is 0.0581. The summed E-state index contributed by atoms with van der Waals surface area (Å²) < 4.78 is 26.1. The van der Waals surface area contributed by atoms with Gasteiger partial charge < -0.3 is 28.8 Å². The summed E-state index contributed by atoms with van der Waals surface area (Å²) in [5, 5.41) is 10.2. The Kier molecular flexibility index (Phi) is 11.2. The van der Waals surface area contributed by atoms with Crippen LogP contribution in [0.15, 0.2) is 42.5 Å². The van der Waals surface area contributed by atoms with Crippen LogP contribution in [0.3, 0.4) is 0 Å².